The molecule has 4 aromatic rings. The second-order valence-electron chi connectivity index (χ2n) is 14.9. The minimum Gasteiger partial charge on any atom is -0.478 e. The Labute approximate surface area is 332 Å². The lowest BCUT2D eigenvalue weighted by molar-refractivity contribution is -0.133. The topological polar surface area (TPSA) is 116 Å². The van der Waals surface area contributed by atoms with Gasteiger partial charge >= 0.3 is 19.0 Å². The molecule has 2 atom stereocenters. The van der Waals surface area contributed by atoms with Crippen LogP contribution in [0.25, 0.3) is 23.3 Å². The number of carboxylic acid groups (broad SMARTS) is 1. The van der Waals surface area contributed by atoms with E-state index >= 15 is 0 Å². The van der Waals surface area contributed by atoms with Gasteiger partial charge in [-0.2, -0.15) is 0 Å². The number of esters is 1. The molecular formula is C43H45BCl2N4O5. The number of aromatic nitrogens is 2. The third-order valence-corrected chi connectivity index (χ3v) is 12.1. The van der Waals surface area contributed by atoms with Gasteiger partial charge in [-0.25, -0.2) is 9.59 Å². The van der Waals surface area contributed by atoms with Gasteiger partial charge in [0.25, 0.3) is 0 Å². The zero-order valence-electron chi connectivity index (χ0n) is 31.3. The maximum atomic E-state index is 12.6. The van der Waals surface area contributed by atoms with Crippen molar-refractivity contribution in [2.24, 2.45) is 11.8 Å². The molecule has 0 spiro atoms. The van der Waals surface area contributed by atoms with Crippen molar-refractivity contribution in [2.75, 3.05) is 40.3 Å². The summed E-state index contributed by atoms with van der Waals surface area (Å²) in [6.45, 7) is 5.56. The van der Waals surface area contributed by atoms with Crippen LogP contribution in [0.2, 0.25) is 16.9 Å². The quantitative estimate of drug-likeness (QED) is 0.154. The van der Waals surface area contributed by atoms with Gasteiger partial charge in [0, 0.05) is 34.3 Å². The molecule has 0 bridgehead atoms. The van der Waals surface area contributed by atoms with Gasteiger partial charge in [0.1, 0.15) is 0 Å². The molecule has 284 valence electrons. The second-order valence-corrected chi connectivity index (χ2v) is 15.8. The number of ether oxygens (including phenoxy) is 1. The predicted octanol–water partition coefficient (Wildman–Crippen LogP) is 7.86. The number of fused-ring (bicyclic) bond motifs is 4. The van der Waals surface area contributed by atoms with Gasteiger partial charge in [-0.1, -0.05) is 47.5 Å². The van der Waals surface area contributed by atoms with Crippen LogP contribution in [0.1, 0.15) is 82.3 Å². The summed E-state index contributed by atoms with van der Waals surface area (Å²) < 4.78 is 5.07. The van der Waals surface area contributed by atoms with E-state index in [1.807, 2.05) is 60.8 Å². The number of nitrogens with zero attached hydrogens (tertiary/aromatic N) is 4. The standard InChI is InChI=1S/C22H23ClN2O2.C21H22BClN2O3/c1-25-10-7-14(8-11-25)20-17-6-5-16(23)13-18(17)19(22(26)27-2)12-15-4-3-9-24-21(15)20;1-22(28)25-9-6-13(7-10-25)19-16-5-4-15(23)12-17(16)18(21(26)27)11-14-3-2-8-24-20(14)19/h3-6,9,12-14,20H,7-8,10-11H2,1-2H3;2-5,8,11-13,19,28H,6-7,9-10H2,1H3,(H,26,27). The monoisotopic (exact) mass is 778 g/mol. The third-order valence-electron chi connectivity index (χ3n) is 11.7. The van der Waals surface area contributed by atoms with Gasteiger partial charge in [-0.3, -0.25) is 9.97 Å². The Hall–Kier alpha value is -4.32. The van der Waals surface area contributed by atoms with E-state index in [4.69, 9.17) is 32.9 Å². The van der Waals surface area contributed by atoms with Gasteiger partial charge in [-0.15, -0.1) is 0 Å². The Balaban J connectivity index is 0.000000169. The van der Waals surface area contributed by atoms with E-state index in [1.165, 1.54) is 7.11 Å². The Bertz CT molecular complexity index is 2140. The summed E-state index contributed by atoms with van der Waals surface area (Å²) >= 11 is 12.5. The first kappa shape index (κ1) is 38.9. The number of halogens is 2. The van der Waals surface area contributed by atoms with E-state index in [2.05, 4.69) is 27.8 Å². The molecule has 2 N–H and O–H groups in total. The summed E-state index contributed by atoms with van der Waals surface area (Å²) in [6, 6.07) is 19.1. The van der Waals surface area contributed by atoms with E-state index in [0.717, 1.165) is 91.1 Å². The molecule has 2 aromatic heterocycles. The second kappa shape index (κ2) is 16.8. The van der Waals surface area contributed by atoms with E-state index in [0.29, 0.717) is 33.0 Å². The molecule has 2 saturated heterocycles. The Kier molecular flexibility index (Phi) is 11.9. The van der Waals surface area contributed by atoms with Crippen LogP contribution in [0.5, 0.6) is 0 Å². The zero-order chi connectivity index (χ0) is 38.8. The number of hydrogen-bond acceptors (Lipinski definition) is 8. The molecule has 55 heavy (non-hydrogen) atoms. The molecule has 2 aliphatic carbocycles. The molecule has 0 amide bonds. The fourth-order valence-electron chi connectivity index (χ4n) is 8.85. The van der Waals surface area contributed by atoms with Crippen molar-refractivity contribution in [1.29, 1.82) is 0 Å². The molecule has 4 heterocycles. The molecule has 0 radical (unpaired) electrons. The normalized spacial score (nSPS) is 20.1. The van der Waals surface area contributed by atoms with Crippen molar-refractivity contribution in [3.63, 3.8) is 0 Å². The lowest BCUT2D eigenvalue weighted by Crippen LogP contribution is -2.44. The molecule has 0 saturated carbocycles. The van der Waals surface area contributed by atoms with E-state index in [-0.39, 0.29) is 23.4 Å². The van der Waals surface area contributed by atoms with Crippen molar-refractivity contribution in [3.05, 3.63) is 128 Å². The number of carboxylic acids is 1. The van der Waals surface area contributed by atoms with Gasteiger partial charge in [0.15, 0.2) is 0 Å². The van der Waals surface area contributed by atoms with Crippen molar-refractivity contribution < 1.29 is 24.5 Å². The molecule has 2 aromatic carbocycles. The first-order chi connectivity index (χ1) is 26.5. The summed E-state index contributed by atoms with van der Waals surface area (Å²) in [5.74, 6) is -0.404. The van der Waals surface area contributed by atoms with Crippen LogP contribution in [0.3, 0.4) is 0 Å². The van der Waals surface area contributed by atoms with Crippen LogP contribution >= 0.6 is 23.2 Å². The largest absolute Gasteiger partial charge is 0.478 e. The van der Waals surface area contributed by atoms with Gasteiger partial charge in [-0.05, 0) is 159 Å². The highest BCUT2D eigenvalue weighted by atomic mass is 35.5. The number of methoxy groups -OCH3 is 1. The number of pyridine rings is 2. The van der Waals surface area contributed by atoms with Crippen LogP contribution in [0.15, 0.2) is 73.1 Å². The number of rotatable bonds is 5. The highest BCUT2D eigenvalue weighted by molar-refractivity contribution is 6.45. The number of hydrogen-bond donors (Lipinski definition) is 2. The predicted molar refractivity (Wildman–Crippen MR) is 219 cm³/mol. The molecule has 8 rings (SSSR count). The minimum atomic E-state index is -0.970. The van der Waals surface area contributed by atoms with E-state index in [1.54, 1.807) is 25.2 Å². The zero-order valence-corrected chi connectivity index (χ0v) is 32.8. The summed E-state index contributed by atoms with van der Waals surface area (Å²) in [5, 5.41) is 20.9. The van der Waals surface area contributed by atoms with Crippen LogP contribution < -0.4 is 0 Å². The number of aliphatic carboxylic acids is 1. The van der Waals surface area contributed by atoms with Crippen molar-refractivity contribution in [3.8, 4) is 0 Å². The van der Waals surface area contributed by atoms with Gasteiger partial charge < -0.3 is 24.6 Å². The number of carbonyl (C=O) groups excluding carboxylic acids is 1. The highest BCUT2D eigenvalue weighted by Gasteiger charge is 2.37. The molecular weight excluding hydrogens is 734 g/mol. The summed E-state index contributed by atoms with van der Waals surface area (Å²) in [6.07, 6.45) is 11.3. The SMILES string of the molecule is CB(O)N1CCC(C2c3ccc(Cl)cc3C(C(=O)O)=Cc3cccnc32)CC1.COC(=O)C1=Cc2cccnc2C(C2CCN(C)CC2)c2ccc(Cl)cc21. The molecule has 12 heteroatoms. The number of benzene rings is 2. The summed E-state index contributed by atoms with van der Waals surface area (Å²) in [7, 11) is 3.13. The van der Waals surface area contributed by atoms with Gasteiger partial charge in [0.2, 0.25) is 0 Å². The average Bonchev–Trinajstić information content (AvgIpc) is 3.42. The summed E-state index contributed by atoms with van der Waals surface area (Å²) in [5.41, 5.74) is 8.17. The van der Waals surface area contributed by atoms with E-state index < -0.39 is 13.0 Å². The number of likely N-dealkylation sites (tertiary alicyclic amines) is 1. The van der Waals surface area contributed by atoms with Gasteiger partial charge in [0.05, 0.1) is 29.6 Å². The van der Waals surface area contributed by atoms with E-state index in [9.17, 15) is 19.7 Å². The van der Waals surface area contributed by atoms with Crippen LogP contribution in [0, 0.1) is 11.8 Å². The molecule has 2 unspecified atom stereocenters. The van der Waals surface area contributed by atoms with Crippen LogP contribution in [0.4, 0.5) is 0 Å². The van der Waals surface area contributed by atoms with Crippen LogP contribution in [-0.4, -0.2) is 89.1 Å². The highest BCUT2D eigenvalue weighted by Crippen LogP contribution is 2.46. The minimum absolute atomic E-state index is 0.00674. The first-order valence-electron chi connectivity index (χ1n) is 18.9. The fraction of sp³-hybridized carbons (Fsp3) is 0.349. The maximum Gasteiger partial charge on any atom is 0.376 e. The Morgan fingerprint density at radius 3 is 1.71 bits per heavy atom. The Morgan fingerprint density at radius 1 is 0.764 bits per heavy atom. The summed E-state index contributed by atoms with van der Waals surface area (Å²) in [4.78, 5) is 38.5. The molecule has 9 nitrogen and oxygen atoms in total. The molecule has 2 fully saturated rings. The maximum absolute atomic E-state index is 12.6. The van der Waals surface area contributed by atoms with Crippen molar-refractivity contribution in [2.45, 2.75) is 44.3 Å². The third kappa shape index (κ3) is 8.16. The first-order valence-corrected chi connectivity index (χ1v) is 19.6. The van der Waals surface area contributed by atoms with Crippen molar-refractivity contribution >= 4 is 65.5 Å². The average molecular weight is 780 g/mol. The number of piperidine rings is 2. The fourth-order valence-corrected chi connectivity index (χ4v) is 9.19. The van der Waals surface area contributed by atoms with Crippen LogP contribution in [-0.2, 0) is 14.3 Å². The lowest BCUT2D eigenvalue weighted by atomic mass is 9.73. The lowest BCUT2D eigenvalue weighted by Gasteiger charge is -2.37. The molecule has 4 aliphatic rings. The number of carbonyl (C=O) groups is 2. The molecule has 2 aliphatic heterocycles. The smallest absolute Gasteiger partial charge is 0.376 e. The van der Waals surface area contributed by atoms with Crippen molar-refractivity contribution in [1.82, 2.24) is 19.7 Å². The Morgan fingerprint density at radius 2 is 1.24 bits per heavy atom.